The van der Waals surface area contributed by atoms with E-state index in [1.54, 1.807) is 24.8 Å². The second kappa shape index (κ2) is 9.27. The molecular weight excluding hydrogens is 368 g/mol. The Hall–Kier alpha value is -2.60. The van der Waals surface area contributed by atoms with E-state index in [2.05, 4.69) is 11.5 Å². The number of ether oxygens (including phenoxy) is 1. The Morgan fingerprint density at radius 1 is 1.31 bits per heavy atom. The summed E-state index contributed by atoms with van der Waals surface area (Å²) in [7, 11) is 0. The van der Waals surface area contributed by atoms with Crippen molar-refractivity contribution in [1.82, 2.24) is 9.80 Å². The number of ketones is 1. The average Bonchev–Trinajstić information content (AvgIpc) is 3.31. The highest BCUT2D eigenvalue weighted by atomic mass is 16.5. The zero-order chi connectivity index (χ0) is 21.0. The topological polar surface area (TPSA) is 70.1 Å². The largest absolute Gasteiger partial charge is 0.503 e. The maximum atomic E-state index is 12.9. The van der Waals surface area contributed by atoms with Crippen LogP contribution in [0.2, 0.25) is 0 Å². The highest BCUT2D eigenvalue weighted by Gasteiger charge is 2.44. The van der Waals surface area contributed by atoms with Crippen LogP contribution in [0.5, 0.6) is 5.75 Å². The first-order valence-electron chi connectivity index (χ1n) is 10.3. The Bertz CT molecular complexity index is 809. The molecule has 29 heavy (non-hydrogen) atoms. The third-order valence-corrected chi connectivity index (χ3v) is 5.49. The molecule has 156 valence electrons. The second-order valence-electron chi connectivity index (χ2n) is 7.90. The Morgan fingerprint density at radius 2 is 2.03 bits per heavy atom. The molecule has 0 aliphatic carbocycles. The average molecular weight is 399 g/mol. The van der Waals surface area contributed by atoms with Crippen LogP contribution in [0.15, 0.2) is 48.3 Å². The molecule has 1 fully saturated rings. The smallest absolute Gasteiger partial charge is 0.290 e. The molecule has 2 aliphatic heterocycles. The molecule has 1 aromatic carbocycles. The van der Waals surface area contributed by atoms with Crippen LogP contribution < -0.4 is 4.74 Å². The molecule has 0 aromatic heterocycles. The van der Waals surface area contributed by atoms with E-state index in [-0.39, 0.29) is 17.3 Å². The molecule has 0 saturated carbocycles. The van der Waals surface area contributed by atoms with Gasteiger partial charge in [0, 0.05) is 19.0 Å². The molecule has 0 spiro atoms. The van der Waals surface area contributed by atoms with Gasteiger partial charge in [-0.1, -0.05) is 38.6 Å². The lowest BCUT2D eigenvalue weighted by atomic mass is 9.91. The van der Waals surface area contributed by atoms with Crippen molar-refractivity contribution in [2.45, 2.75) is 32.7 Å². The Morgan fingerprint density at radius 3 is 2.69 bits per heavy atom. The van der Waals surface area contributed by atoms with Gasteiger partial charge < -0.3 is 19.6 Å². The normalized spacial score (nSPS) is 20.0. The lowest BCUT2D eigenvalue weighted by molar-refractivity contribution is -0.129. The summed E-state index contributed by atoms with van der Waals surface area (Å²) in [6, 6.07) is 6.76. The number of benzene rings is 1. The van der Waals surface area contributed by atoms with Crippen LogP contribution in [0.25, 0.3) is 0 Å². The predicted molar refractivity (Wildman–Crippen MR) is 112 cm³/mol. The van der Waals surface area contributed by atoms with Crippen LogP contribution in [0.3, 0.4) is 0 Å². The van der Waals surface area contributed by atoms with Gasteiger partial charge in [-0.05, 0) is 43.6 Å². The highest BCUT2D eigenvalue weighted by molar-refractivity contribution is 6.09. The molecule has 2 heterocycles. The number of likely N-dealkylation sites (tertiary alicyclic amines) is 1. The van der Waals surface area contributed by atoms with Crippen molar-refractivity contribution in [1.29, 1.82) is 0 Å². The number of aliphatic hydroxyl groups excluding tert-OH is 1. The van der Waals surface area contributed by atoms with Gasteiger partial charge in [-0.25, -0.2) is 0 Å². The maximum Gasteiger partial charge on any atom is 0.290 e. The Balaban J connectivity index is 1.94. The number of carbonyl (C=O) groups excluding carboxylic acids is 2. The van der Waals surface area contributed by atoms with Gasteiger partial charge in [0.25, 0.3) is 5.91 Å². The summed E-state index contributed by atoms with van der Waals surface area (Å²) >= 11 is 0. The summed E-state index contributed by atoms with van der Waals surface area (Å²) in [4.78, 5) is 29.7. The van der Waals surface area contributed by atoms with Crippen molar-refractivity contribution >= 4 is 11.7 Å². The number of Topliss-reactive ketones (excluding diaryl/α,β-unsaturated/α-hetero) is 1. The van der Waals surface area contributed by atoms with Gasteiger partial charge >= 0.3 is 0 Å². The number of carbonyl (C=O) groups is 2. The number of nitrogens with zero attached hydrogens (tertiary/aromatic N) is 2. The number of hydrogen-bond acceptors (Lipinski definition) is 5. The molecule has 2 aliphatic rings. The Kier molecular flexibility index (Phi) is 6.75. The molecular formula is C23H30N2O4. The van der Waals surface area contributed by atoms with Crippen molar-refractivity contribution in [3.05, 3.63) is 53.8 Å². The molecule has 1 unspecified atom stereocenters. The van der Waals surface area contributed by atoms with Crippen LogP contribution >= 0.6 is 0 Å². The van der Waals surface area contributed by atoms with Gasteiger partial charge in [0.1, 0.15) is 12.4 Å². The van der Waals surface area contributed by atoms with Crippen molar-refractivity contribution in [3.8, 4) is 5.75 Å². The third kappa shape index (κ3) is 4.53. The maximum absolute atomic E-state index is 12.9. The minimum atomic E-state index is -0.604. The molecule has 1 saturated heterocycles. The summed E-state index contributed by atoms with van der Waals surface area (Å²) in [5.41, 5.74) is 0.946. The van der Waals surface area contributed by atoms with Crippen LogP contribution in [0.1, 0.15) is 38.3 Å². The van der Waals surface area contributed by atoms with E-state index in [9.17, 15) is 14.7 Å². The zero-order valence-electron chi connectivity index (χ0n) is 17.3. The number of aliphatic hydroxyl groups is 1. The molecule has 1 amide bonds. The van der Waals surface area contributed by atoms with E-state index in [0.29, 0.717) is 18.9 Å². The van der Waals surface area contributed by atoms with E-state index in [4.69, 9.17) is 4.74 Å². The van der Waals surface area contributed by atoms with E-state index >= 15 is 0 Å². The van der Waals surface area contributed by atoms with Gasteiger partial charge in [-0.2, -0.15) is 0 Å². The molecule has 6 heteroatoms. The van der Waals surface area contributed by atoms with E-state index in [1.165, 1.54) is 12.8 Å². The fraction of sp³-hybridized carbons (Fsp3) is 0.478. The van der Waals surface area contributed by atoms with Gasteiger partial charge in [0.05, 0.1) is 11.6 Å². The zero-order valence-corrected chi connectivity index (χ0v) is 17.3. The Labute approximate surface area is 172 Å². The number of rotatable bonds is 9. The van der Waals surface area contributed by atoms with Crippen LogP contribution in [0, 0.1) is 5.92 Å². The summed E-state index contributed by atoms with van der Waals surface area (Å²) < 4.78 is 5.64. The lowest BCUT2D eigenvalue weighted by Gasteiger charge is -2.29. The molecule has 6 nitrogen and oxygen atoms in total. The summed E-state index contributed by atoms with van der Waals surface area (Å²) in [6.45, 7) is 10.8. The van der Waals surface area contributed by atoms with Gasteiger partial charge in [0.2, 0.25) is 0 Å². The molecule has 0 bridgehead atoms. The van der Waals surface area contributed by atoms with Crippen molar-refractivity contribution < 1.29 is 19.4 Å². The number of hydrogen-bond donors (Lipinski definition) is 1. The van der Waals surface area contributed by atoms with E-state index in [1.807, 2.05) is 24.3 Å². The van der Waals surface area contributed by atoms with Gasteiger partial charge in [-0.15, -0.1) is 0 Å². The quantitative estimate of drug-likeness (QED) is 0.647. The van der Waals surface area contributed by atoms with Crippen LogP contribution in [0.4, 0.5) is 0 Å². The first kappa shape index (κ1) is 21.1. The molecule has 3 rings (SSSR count). The fourth-order valence-electron chi connectivity index (χ4n) is 3.98. The minimum Gasteiger partial charge on any atom is -0.503 e. The minimum absolute atomic E-state index is 0.187. The van der Waals surface area contributed by atoms with Gasteiger partial charge in [-0.3, -0.25) is 9.59 Å². The summed E-state index contributed by atoms with van der Waals surface area (Å²) in [5, 5.41) is 10.6. The first-order valence-corrected chi connectivity index (χ1v) is 10.3. The monoisotopic (exact) mass is 398 g/mol. The highest BCUT2D eigenvalue weighted by Crippen LogP contribution is 2.39. The molecule has 1 aromatic rings. The standard InChI is InChI=1S/C23H30N2O4/c1-4-14-29-18-9-7-8-17(15-18)20-19(21(26)16(2)3)22(27)23(28)25(20)13-12-24-10-5-6-11-24/h4,7-9,15-16,20,27H,1,5-6,10-14H2,2-3H3. The van der Waals surface area contributed by atoms with Crippen LogP contribution in [-0.2, 0) is 9.59 Å². The molecule has 1 atom stereocenters. The summed E-state index contributed by atoms with van der Waals surface area (Å²) in [5.74, 6) is -0.789. The first-order chi connectivity index (χ1) is 13.9. The molecule has 0 radical (unpaired) electrons. The third-order valence-electron chi connectivity index (χ3n) is 5.49. The SMILES string of the molecule is C=CCOc1cccc(C2C(C(=O)C(C)C)=C(O)C(=O)N2CCN2CCCC2)c1. The van der Waals surface area contributed by atoms with Gasteiger partial charge in [0.15, 0.2) is 11.5 Å². The second-order valence-corrected chi connectivity index (χ2v) is 7.90. The predicted octanol–water partition coefficient (Wildman–Crippen LogP) is 3.27. The van der Waals surface area contributed by atoms with E-state index < -0.39 is 17.7 Å². The number of amides is 1. The van der Waals surface area contributed by atoms with Crippen molar-refractivity contribution in [2.75, 3.05) is 32.8 Å². The van der Waals surface area contributed by atoms with Crippen LogP contribution in [-0.4, -0.2) is 59.4 Å². The lowest BCUT2D eigenvalue weighted by Crippen LogP contribution is -2.38. The van der Waals surface area contributed by atoms with Crippen molar-refractivity contribution in [2.24, 2.45) is 5.92 Å². The fourth-order valence-corrected chi connectivity index (χ4v) is 3.98. The summed E-state index contributed by atoms with van der Waals surface area (Å²) in [6.07, 6.45) is 3.99. The van der Waals surface area contributed by atoms with Crippen molar-refractivity contribution in [3.63, 3.8) is 0 Å². The molecule has 1 N–H and O–H groups in total. The van der Waals surface area contributed by atoms with E-state index in [0.717, 1.165) is 25.2 Å².